The fraction of sp³-hybridized carbons (Fsp3) is 0.286. The molecule has 0 fully saturated rings. The largest absolute Gasteiger partial charge is 0.493 e. The lowest BCUT2D eigenvalue weighted by molar-refractivity contribution is 0.271. The van der Waals surface area contributed by atoms with E-state index in [-0.39, 0.29) is 6.61 Å². The van der Waals surface area contributed by atoms with Gasteiger partial charge in [0.05, 0.1) is 19.8 Å². The van der Waals surface area contributed by atoms with Gasteiger partial charge >= 0.3 is 0 Å². The monoisotopic (exact) mass is 263 g/mol. The summed E-state index contributed by atoms with van der Waals surface area (Å²) in [7, 11) is 0. The fourth-order valence-electron chi connectivity index (χ4n) is 2.39. The Morgan fingerprint density at radius 2 is 2.28 bits per heavy atom. The van der Waals surface area contributed by atoms with Gasteiger partial charge in [0.1, 0.15) is 5.75 Å². The van der Waals surface area contributed by atoms with Crippen LogP contribution < -0.4 is 4.74 Å². The molecule has 0 saturated carbocycles. The van der Waals surface area contributed by atoms with Crippen LogP contribution >= 0.6 is 11.6 Å². The van der Waals surface area contributed by atoms with Crippen LogP contribution in [0.5, 0.6) is 5.75 Å². The van der Waals surface area contributed by atoms with E-state index in [4.69, 9.17) is 16.3 Å². The lowest BCUT2D eigenvalue weighted by Crippen LogP contribution is -2.04. The van der Waals surface area contributed by atoms with E-state index < -0.39 is 0 Å². The molecule has 1 aromatic heterocycles. The second-order valence-corrected chi connectivity index (χ2v) is 4.87. The standard InChI is InChI=1S/C14H14ClNO2/c15-12-6-10-3-5-18-14(10)11(7-12)8-16-4-1-2-13(16)9-17/h1-2,4,6-7,17H,3,5,8-9H2. The van der Waals surface area contributed by atoms with Crippen LogP contribution in [0.15, 0.2) is 30.5 Å². The Morgan fingerprint density at radius 1 is 1.39 bits per heavy atom. The van der Waals surface area contributed by atoms with Crippen molar-refractivity contribution in [3.05, 3.63) is 52.3 Å². The van der Waals surface area contributed by atoms with E-state index in [1.165, 1.54) is 5.56 Å². The topological polar surface area (TPSA) is 34.4 Å². The van der Waals surface area contributed by atoms with Gasteiger partial charge in [0.2, 0.25) is 0 Å². The smallest absolute Gasteiger partial charge is 0.127 e. The van der Waals surface area contributed by atoms with Crippen molar-refractivity contribution in [3.8, 4) is 5.75 Å². The number of benzene rings is 1. The summed E-state index contributed by atoms with van der Waals surface area (Å²) in [6.45, 7) is 1.43. The van der Waals surface area contributed by atoms with Crippen molar-refractivity contribution in [3.63, 3.8) is 0 Å². The number of aromatic nitrogens is 1. The zero-order valence-corrected chi connectivity index (χ0v) is 10.7. The molecule has 0 spiro atoms. The van der Waals surface area contributed by atoms with E-state index >= 15 is 0 Å². The van der Waals surface area contributed by atoms with E-state index in [2.05, 4.69) is 0 Å². The number of nitrogens with zero attached hydrogens (tertiary/aromatic N) is 1. The van der Waals surface area contributed by atoms with Crippen LogP contribution in [0.2, 0.25) is 5.02 Å². The molecule has 1 N–H and O–H groups in total. The maximum absolute atomic E-state index is 9.26. The highest BCUT2D eigenvalue weighted by Gasteiger charge is 2.18. The minimum atomic E-state index is 0.0383. The molecule has 3 rings (SSSR count). The number of aliphatic hydroxyl groups excluding tert-OH is 1. The van der Waals surface area contributed by atoms with Gasteiger partial charge in [-0.05, 0) is 29.8 Å². The van der Waals surface area contributed by atoms with Gasteiger partial charge < -0.3 is 14.4 Å². The number of halogens is 1. The Morgan fingerprint density at radius 3 is 3.11 bits per heavy atom. The molecule has 0 atom stereocenters. The van der Waals surface area contributed by atoms with Gasteiger partial charge in [0.15, 0.2) is 0 Å². The zero-order valence-electron chi connectivity index (χ0n) is 9.90. The normalized spacial score (nSPS) is 13.4. The average Bonchev–Trinajstić information content (AvgIpc) is 2.96. The zero-order chi connectivity index (χ0) is 12.5. The summed E-state index contributed by atoms with van der Waals surface area (Å²) in [5.41, 5.74) is 3.14. The minimum absolute atomic E-state index is 0.0383. The maximum atomic E-state index is 9.26. The SMILES string of the molecule is OCc1cccn1Cc1cc(Cl)cc2c1OCC2. The van der Waals surface area contributed by atoms with Gasteiger partial charge in [-0.25, -0.2) is 0 Å². The van der Waals surface area contributed by atoms with Crippen molar-refractivity contribution >= 4 is 11.6 Å². The predicted molar refractivity (Wildman–Crippen MR) is 70.1 cm³/mol. The number of hydrogen-bond donors (Lipinski definition) is 1. The Balaban J connectivity index is 1.98. The summed E-state index contributed by atoms with van der Waals surface area (Å²) >= 11 is 6.13. The maximum Gasteiger partial charge on any atom is 0.127 e. The van der Waals surface area contributed by atoms with Gasteiger partial charge in [-0.15, -0.1) is 0 Å². The molecule has 0 saturated heterocycles. The first-order chi connectivity index (χ1) is 8.78. The molecular weight excluding hydrogens is 250 g/mol. The number of hydrogen-bond acceptors (Lipinski definition) is 2. The lowest BCUT2D eigenvalue weighted by Gasteiger charge is -2.12. The molecule has 18 heavy (non-hydrogen) atoms. The van der Waals surface area contributed by atoms with Gasteiger partial charge in [0.25, 0.3) is 0 Å². The third-order valence-electron chi connectivity index (χ3n) is 3.25. The first-order valence-corrected chi connectivity index (χ1v) is 6.34. The average molecular weight is 264 g/mol. The van der Waals surface area contributed by atoms with Gasteiger partial charge in [0, 0.05) is 28.9 Å². The third kappa shape index (κ3) is 2.00. The lowest BCUT2D eigenvalue weighted by atomic mass is 10.1. The number of aliphatic hydroxyl groups is 1. The Labute approximate surface area is 111 Å². The molecule has 0 radical (unpaired) electrons. The third-order valence-corrected chi connectivity index (χ3v) is 3.47. The van der Waals surface area contributed by atoms with Crippen molar-refractivity contribution in [1.29, 1.82) is 0 Å². The molecule has 2 heterocycles. The molecule has 94 valence electrons. The highest BCUT2D eigenvalue weighted by molar-refractivity contribution is 6.30. The Kier molecular flexibility index (Phi) is 3.02. The van der Waals surface area contributed by atoms with E-state index in [1.807, 2.05) is 35.0 Å². The Bertz CT molecular complexity index is 577. The summed E-state index contributed by atoms with van der Waals surface area (Å²) in [6, 6.07) is 7.74. The summed E-state index contributed by atoms with van der Waals surface area (Å²) in [4.78, 5) is 0. The molecule has 0 amide bonds. The van der Waals surface area contributed by atoms with Crippen LogP contribution in [0.1, 0.15) is 16.8 Å². The first kappa shape index (κ1) is 11.6. The molecule has 2 aromatic rings. The number of ether oxygens (including phenoxy) is 1. The summed E-state index contributed by atoms with van der Waals surface area (Å²) in [5.74, 6) is 0.956. The van der Waals surface area contributed by atoms with Crippen LogP contribution in [0.3, 0.4) is 0 Å². The van der Waals surface area contributed by atoms with Crippen LogP contribution in [-0.4, -0.2) is 16.3 Å². The van der Waals surface area contributed by atoms with E-state index in [0.29, 0.717) is 6.54 Å². The highest BCUT2D eigenvalue weighted by atomic mass is 35.5. The van der Waals surface area contributed by atoms with Crippen molar-refractivity contribution in [2.24, 2.45) is 0 Å². The number of rotatable bonds is 3. The molecule has 1 aromatic carbocycles. The second-order valence-electron chi connectivity index (χ2n) is 4.44. The van der Waals surface area contributed by atoms with Crippen LogP contribution in [-0.2, 0) is 19.6 Å². The summed E-state index contributed by atoms with van der Waals surface area (Å²) in [5, 5.41) is 10.00. The second kappa shape index (κ2) is 4.67. The molecule has 0 aliphatic carbocycles. The predicted octanol–water partition coefficient (Wildman–Crippen LogP) is 2.62. The van der Waals surface area contributed by atoms with Gasteiger partial charge in [-0.2, -0.15) is 0 Å². The molecular formula is C14H14ClNO2. The fourth-order valence-corrected chi connectivity index (χ4v) is 2.66. The number of fused-ring (bicyclic) bond motifs is 1. The van der Waals surface area contributed by atoms with E-state index in [0.717, 1.165) is 35.1 Å². The quantitative estimate of drug-likeness (QED) is 0.924. The van der Waals surface area contributed by atoms with Crippen molar-refractivity contribution in [2.75, 3.05) is 6.61 Å². The minimum Gasteiger partial charge on any atom is -0.493 e. The van der Waals surface area contributed by atoms with Crippen molar-refractivity contribution in [2.45, 2.75) is 19.6 Å². The molecule has 1 aliphatic heterocycles. The Hall–Kier alpha value is -1.45. The van der Waals surface area contributed by atoms with Crippen molar-refractivity contribution < 1.29 is 9.84 Å². The molecule has 0 bridgehead atoms. The van der Waals surface area contributed by atoms with Gasteiger partial charge in [-0.3, -0.25) is 0 Å². The molecule has 0 unspecified atom stereocenters. The first-order valence-electron chi connectivity index (χ1n) is 5.97. The molecule has 3 nitrogen and oxygen atoms in total. The van der Waals surface area contributed by atoms with Crippen LogP contribution in [0.25, 0.3) is 0 Å². The van der Waals surface area contributed by atoms with E-state index in [9.17, 15) is 5.11 Å². The van der Waals surface area contributed by atoms with Crippen molar-refractivity contribution in [1.82, 2.24) is 4.57 Å². The van der Waals surface area contributed by atoms with Gasteiger partial charge in [-0.1, -0.05) is 11.6 Å². The molecule has 4 heteroatoms. The van der Waals surface area contributed by atoms with Crippen LogP contribution in [0, 0.1) is 0 Å². The summed E-state index contributed by atoms with van der Waals surface area (Å²) in [6.07, 6.45) is 2.87. The van der Waals surface area contributed by atoms with E-state index in [1.54, 1.807) is 0 Å². The highest BCUT2D eigenvalue weighted by Crippen LogP contribution is 2.33. The summed E-state index contributed by atoms with van der Waals surface area (Å²) < 4.78 is 7.68. The molecule has 1 aliphatic rings. The van der Waals surface area contributed by atoms with Crippen LogP contribution in [0.4, 0.5) is 0 Å².